The van der Waals surface area contributed by atoms with Gasteiger partial charge < -0.3 is 11.5 Å². The number of rotatable bonds is 3. The van der Waals surface area contributed by atoms with Gasteiger partial charge in [-0.15, -0.1) is 11.3 Å². The van der Waals surface area contributed by atoms with Crippen LogP contribution in [0.1, 0.15) is 17.3 Å². The Morgan fingerprint density at radius 3 is 3.00 bits per heavy atom. The first kappa shape index (κ1) is 10.1. The Hall–Kier alpha value is -1.46. The lowest BCUT2D eigenvalue weighted by atomic mass is 10.1. The third-order valence-electron chi connectivity index (χ3n) is 2.21. The van der Waals surface area contributed by atoms with Crippen LogP contribution in [-0.2, 0) is 6.42 Å². The van der Waals surface area contributed by atoms with E-state index in [2.05, 4.69) is 9.97 Å². The third kappa shape index (κ3) is 2.31. The van der Waals surface area contributed by atoms with E-state index in [1.165, 1.54) is 0 Å². The quantitative estimate of drug-likeness (QED) is 0.818. The highest BCUT2D eigenvalue weighted by Crippen LogP contribution is 2.18. The molecule has 4 N–H and O–H groups in total. The van der Waals surface area contributed by atoms with E-state index in [1.807, 2.05) is 5.38 Å². The summed E-state index contributed by atoms with van der Waals surface area (Å²) in [6.45, 7) is 0. The fourth-order valence-electron chi connectivity index (χ4n) is 1.35. The minimum absolute atomic E-state index is 0.109. The molecule has 0 spiro atoms. The smallest absolute Gasteiger partial charge is 0.0795 e. The zero-order chi connectivity index (χ0) is 10.7. The average Bonchev–Trinajstić information content (AvgIpc) is 2.74. The Kier molecular flexibility index (Phi) is 2.94. The van der Waals surface area contributed by atoms with E-state index < -0.39 is 0 Å². The van der Waals surface area contributed by atoms with Gasteiger partial charge in [0.2, 0.25) is 0 Å². The molecule has 78 valence electrons. The topological polar surface area (TPSA) is 77.8 Å². The van der Waals surface area contributed by atoms with Gasteiger partial charge in [-0.3, -0.25) is 4.98 Å². The molecule has 0 saturated carbocycles. The van der Waals surface area contributed by atoms with E-state index in [1.54, 1.807) is 35.3 Å². The summed E-state index contributed by atoms with van der Waals surface area (Å²) in [7, 11) is 0. The van der Waals surface area contributed by atoms with Crippen LogP contribution in [0.5, 0.6) is 0 Å². The van der Waals surface area contributed by atoms with Crippen LogP contribution in [0.4, 0.5) is 5.69 Å². The number of hydrogen-bond donors (Lipinski definition) is 2. The van der Waals surface area contributed by atoms with E-state index in [9.17, 15) is 0 Å². The summed E-state index contributed by atoms with van der Waals surface area (Å²) in [4.78, 5) is 8.20. The monoisotopic (exact) mass is 220 g/mol. The molecule has 2 aromatic rings. The first-order valence-electron chi connectivity index (χ1n) is 4.59. The van der Waals surface area contributed by atoms with Gasteiger partial charge in [-0.2, -0.15) is 0 Å². The van der Waals surface area contributed by atoms with E-state index in [4.69, 9.17) is 11.5 Å². The van der Waals surface area contributed by atoms with Crippen molar-refractivity contribution in [3.63, 3.8) is 0 Å². The molecule has 0 fully saturated rings. The zero-order valence-corrected chi connectivity index (χ0v) is 8.95. The second-order valence-corrected chi connectivity index (χ2v) is 4.02. The summed E-state index contributed by atoms with van der Waals surface area (Å²) in [5.41, 5.74) is 16.2. The number of nitrogens with zero attached hydrogens (tertiary/aromatic N) is 2. The van der Waals surface area contributed by atoms with Crippen LogP contribution in [0.25, 0.3) is 0 Å². The van der Waals surface area contributed by atoms with Gasteiger partial charge in [0.25, 0.3) is 0 Å². The zero-order valence-electron chi connectivity index (χ0n) is 8.13. The molecule has 0 aliphatic rings. The minimum atomic E-state index is -0.109. The molecule has 2 heterocycles. The van der Waals surface area contributed by atoms with Crippen molar-refractivity contribution in [1.82, 2.24) is 9.97 Å². The molecule has 1 atom stereocenters. The van der Waals surface area contributed by atoms with Crippen LogP contribution < -0.4 is 11.5 Å². The van der Waals surface area contributed by atoms with Crippen molar-refractivity contribution in [3.8, 4) is 0 Å². The summed E-state index contributed by atoms with van der Waals surface area (Å²) in [5.74, 6) is 0. The molecular formula is C10H12N4S. The molecule has 4 nitrogen and oxygen atoms in total. The summed E-state index contributed by atoms with van der Waals surface area (Å²) >= 11 is 1.54. The second-order valence-electron chi connectivity index (χ2n) is 3.30. The molecule has 1 unspecified atom stereocenters. The fraction of sp³-hybridized carbons (Fsp3) is 0.200. The maximum atomic E-state index is 6.00. The first-order chi connectivity index (χ1) is 7.27. The molecule has 0 aliphatic heterocycles. The number of nitrogen functional groups attached to an aromatic ring is 1. The summed E-state index contributed by atoms with van der Waals surface area (Å²) in [5, 5.41) is 1.96. The minimum Gasteiger partial charge on any atom is -0.398 e. The number of thiazole rings is 1. The van der Waals surface area contributed by atoms with Crippen LogP contribution in [0.3, 0.4) is 0 Å². The van der Waals surface area contributed by atoms with Crippen LogP contribution in [0.2, 0.25) is 0 Å². The van der Waals surface area contributed by atoms with Crippen molar-refractivity contribution in [3.05, 3.63) is 40.6 Å². The SMILES string of the molecule is Nc1ccncc1CC(N)c1cscn1. The van der Waals surface area contributed by atoms with Gasteiger partial charge in [-0.1, -0.05) is 0 Å². The predicted molar refractivity (Wildman–Crippen MR) is 61.4 cm³/mol. The fourth-order valence-corrected chi connectivity index (χ4v) is 1.97. The first-order valence-corrected chi connectivity index (χ1v) is 5.53. The Balaban J connectivity index is 2.13. The van der Waals surface area contributed by atoms with Crippen LogP contribution >= 0.6 is 11.3 Å². The van der Waals surface area contributed by atoms with E-state index >= 15 is 0 Å². The number of aromatic nitrogens is 2. The van der Waals surface area contributed by atoms with Gasteiger partial charge in [0.15, 0.2) is 0 Å². The predicted octanol–water partition coefficient (Wildman–Crippen LogP) is 1.36. The standard InChI is InChI=1S/C10H12N4S/c11-8-1-2-13-4-7(8)3-9(12)10-5-15-6-14-10/h1-2,4-6,9H,3,12H2,(H2,11,13). The van der Waals surface area contributed by atoms with Gasteiger partial charge in [0, 0.05) is 23.5 Å². The van der Waals surface area contributed by atoms with E-state index in [0.717, 1.165) is 16.9 Å². The van der Waals surface area contributed by atoms with Crippen molar-refractivity contribution in [2.75, 3.05) is 5.73 Å². The van der Waals surface area contributed by atoms with Gasteiger partial charge in [-0.05, 0) is 18.1 Å². The summed E-state index contributed by atoms with van der Waals surface area (Å²) in [6.07, 6.45) is 4.10. The van der Waals surface area contributed by atoms with Gasteiger partial charge in [0.05, 0.1) is 17.2 Å². The number of pyridine rings is 1. The molecule has 2 rings (SSSR count). The van der Waals surface area contributed by atoms with Gasteiger partial charge in [0.1, 0.15) is 0 Å². The lowest BCUT2D eigenvalue weighted by molar-refractivity contribution is 0.701. The second kappa shape index (κ2) is 4.37. The summed E-state index contributed by atoms with van der Waals surface area (Å²) < 4.78 is 0. The summed E-state index contributed by atoms with van der Waals surface area (Å²) in [6, 6.07) is 1.67. The highest BCUT2D eigenvalue weighted by Gasteiger charge is 2.10. The molecule has 0 radical (unpaired) electrons. The molecule has 5 heteroatoms. The molecule has 0 aromatic carbocycles. The normalized spacial score (nSPS) is 12.6. The Morgan fingerprint density at radius 2 is 2.33 bits per heavy atom. The lowest BCUT2D eigenvalue weighted by Gasteiger charge is -2.10. The van der Waals surface area contributed by atoms with Crippen LogP contribution in [0.15, 0.2) is 29.4 Å². The maximum Gasteiger partial charge on any atom is 0.0795 e. The van der Waals surface area contributed by atoms with Crippen molar-refractivity contribution >= 4 is 17.0 Å². The molecule has 0 bridgehead atoms. The molecule has 0 saturated heterocycles. The van der Waals surface area contributed by atoms with E-state index in [0.29, 0.717) is 6.42 Å². The molecule has 2 aromatic heterocycles. The molecular weight excluding hydrogens is 208 g/mol. The Bertz CT molecular complexity index is 427. The van der Waals surface area contributed by atoms with Gasteiger partial charge >= 0.3 is 0 Å². The third-order valence-corrected chi connectivity index (χ3v) is 2.82. The number of hydrogen-bond acceptors (Lipinski definition) is 5. The number of nitrogens with two attached hydrogens (primary N) is 2. The number of anilines is 1. The average molecular weight is 220 g/mol. The Labute approximate surface area is 92.0 Å². The molecule has 0 amide bonds. The lowest BCUT2D eigenvalue weighted by Crippen LogP contribution is -2.14. The highest BCUT2D eigenvalue weighted by molar-refractivity contribution is 7.07. The molecule has 15 heavy (non-hydrogen) atoms. The van der Waals surface area contributed by atoms with Crippen molar-refractivity contribution < 1.29 is 0 Å². The maximum absolute atomic E-state index is 6.00. The molecule has 0 aliphatic carbocycles. The van der Waals surface area contributed by atoms with Crippen LogP contribution in [0, 0.1) is 0 Å². The largest absolute Gasteiger partial charge is 0.398 e. The van der Waals surface area contributed by atoms with E-state index in [-0.39, 0.29) is 6.04 Å². The van der Waals surface area contributed by atoms with Crippen LogP contribution in [-0.4, -0.2) is 9.97 Å². The van der Waals surface area contributed by atoms with Gasteiger partial charge in [-0.25, -0.2) is 4.98 Å². The van der Waals surface area contributed by atoms with Crippen molar-refractivity contribution in [2.24, 2.45) is 5.73 Å². The van der Waals surface area contributed by atoms with Crippen molar-refractivity contribution in [1.29, 1.82) is 0 Å². The highest BCUT2D eigenvalue weighted by atomic mass is 32.1. The Morgan fingerprint density at radius 1 is 1.47 bits per heavy atom. The van der Waals surface area contributed by atoms with Crippen molar-refractivity contribution in [2.45, 2.75) is 12.5 Å².